The highest BCUT2D eigenvalue weighted by Crippen LogP contribution is 2.19. The van der Waals surface area contributed by atoms with Crippen molar-refractivity contribution < 1.29 is 9.53 Å². The van der Waals surface area contributed by atoms with Crippen LogP contribution in [0.2, 0.25) is 0 Å². The number of benzene rings is 1. The Bertz CT molecular complexity index is 728. The first-order valence-corrected chi connectivity index (χ1v) is 9.25. The van der Waals surface area contributed by atoms with E-state index in [1.165, 1.54) is 0 Å². The molecule has 0 saturated carbocycles. The molecular weight excluding hydrogens is 366 g/mol. The molecule has 1 amide bonds. The zero-order valence-corrected chi connectivity index (χ0v) is 16.7. The van der Waals surface area contributed by atoms with Crippen molar-refractivity contribution in [3.8, 4) is 5.75 Å². The topological polar surface area (TPSA) is 81.1 Å². The maximum atomic E-state index is 12.4. The Kier molecular flexibility index (Phi) is 8.06. The Labute approximate surface area is 166 Å². The number of para-hydroxylation sites is 1. The van der Waals surface area contributed by atoms with Crippen LogP contribution in [-0.2, 0) is 6.54 Å². The number of piperidine rings is 1. The number of carbonyl (C=O) groups excluding carboxylic acids is 1. The third-order valence-corrected chi connectivity index (χ3v) is 4.41. The first-order chi connectivity index (χ1) is 12.6. The third-order valence-electron chi connectivity index (χ3n) is 4.41. The standard InChI is InChI=1S/C19H27N5O2.ClH/c1-14(2)13-26-18-6-4-3-5-15(18)11-21-19(25)17-12-24(23-22-17)16-7-9-20-10-8-16;/h3-6,12,14,16,20H,7-11,13H2,1-2H3,(H,21,25);1H. The molecule has 0 unspecified atom stereocenters. The van der Waals surface area contributed by atoms with Gasteiger partial charge in [0.1, 0.15) is 5.75 Å². The molecule has 2 N–H and O–H groups in total. The number of nitrogens with one attached hydrogen (secondary N) is 2. The zero-order valence-electron chi connectivity index (χ0n) is 15.9. The van der Waals surface area contributed by atoms with E-state index in [0.717, 1.165) is 37.2 Å². The molecule has 27 heavy (non-hydrogen) atoms. The van der Waals surface area contributed by atoms with Crippen LogP contribution in [0.15, 0.2) is 30.5 Å². The molecule has 3 rings (SSSR count). The molecule has 0 atom stereocenters. The predicted octanol–water partition coefficient (Wildman–Crippen LogP) is 2.59. The zero-order chi connectivity index (χ0) is 18.4. The molecule has 8 heteroatoms. The minimum Gasteiger partial charge on any atom is -0.493 e. The van der Waals surface area contributed by atoms with Crippen LogP contribution in [0.3, 0.4) is 0 Å². The summed E-state index contributed by atoms with van der Waals surface area (Å²) in [5, 5.41) is 14.4. The molecular formula is C19H28ClN5O2. The maximum Gasteiger partial charge on any atom is 0.273 e. The van der Waals surface area contributed by atoms with E-state index in [1.54, 1.807) is 6.20 Å². The van der Waals surface area contributed by atoms with Crippen LogP contribution in [0.4, 0.5) is 0 Å². The van der Waals surface area contributed by atoms with E-state index in [4.69, 9.17) is 4.74 Å². The first kappa shape index (κ1) is 21.2. The lowest BCUT2D eigenvalue weighted by atomic mass is 10.1. The summed E-state index contributed by atoms with van der Waals surface area (Å²) in [5.74, 6) is 1.03. The Morgan fingerprint density at radius 2 is 2.07 bits per heavy atom. The smallest absolute Gasteiger partial charge is 0.273 e. The molecule has 7 nitrogen and oxygen atoms in total. The van der Waals surface area contributed by atoms with Crippen molar-refractivity contribution in [2.45, 2.75) is 39.3 Å². The van der Waals surface area contributed by atoms with Crippen molar-refractivity contribution in [2.24, 2.45) is 5.92 Å². The van der Waals surface area contributed by atoms with Gasteiger partial charge in [0, 0.05) is 12.1 Å². The highest BCUT2D eigenvalue weighted by Gasteiger charge is 2.18. The molecule has 1 aliphatic rings. The lowest BCUT2D eigenvalue weighted by Crippen LogP contribution is -2.29. The summed E-state index contributed by atoms with van der Waals surface area (Å²) < 4.78 is 7.65. The number of carbonyl (C=O) groups is 1. The fourth-order valence-corrected chi connectivity index (χ4v) is 2.94. The molecule has 1 aromatic heterocycles. The van der Waals surface area contributed by atoms with Gasteiger partial charge in [0.2, 0.25) is 0 Å². The van der Waals surface area contributed by atoms with Gasteiger partial charge < -0.3 is 15.4 Å². The second kappa shape index (κ2) is 10.3. The minimum absolute atomic E-state index is 0. The van der Waals surface area contributed by atoms with E-state index in [1.807, 2.05) is 28.9 Å². The van der Waals surface area contributed by atoms with Gasteiger partial charge in [-0.05, 0) is 37.9 Å². The van der Waals surface area contributed by atoms with Gasteiger partial charge in [-0.2, -0.15) is 0 Å². The summed E-state index contributed by atoms with van der Waals surface area (Å²) >= 11 is 0. The van der Waals surface area contributed by atoms with Crippen molar-refractivity contribution in [1.29, 1.82) is 0 Å². The number of halogens is 1. The van der Waals surface area contributed by atoms with Gasteiger partial charge in [0.05, 0.1) is 18.8 Å². The van der Waals surface area contributed by atoms with E-state index in [0.29, 0.717) is 30.8 Å². The quantitative estimate of drug-likeness (QED) is 0.755. The second-order valence-electron chi connectivity index (χ2n) is 7.06. The largest absolute Gasteiger partial charge is 0.493 e. The number of nitrogens with zero attached hydrogens (tertiary/aromatic N) is 3. The van der Waals surface area contributed by atoms with Crippen molar-refractivity contribution >= 4 is 18.3 Å². The molecule has 0 radical (unpaired) electrons. The van der Waals surface area contributed by atoms with Crippen LogP contribution in [0.25, 0.3) is 0 Å². The predicted molar refractivity (Wildman–Crippen MR) is 106 cm³/mol. The Hall–Kier alpha value is -2.12. The fourth-order valence-electron chi connectivity index (χ4n) is 2.94. The SMILES string of the molecule is CC(C)COc1ccccc1CNC(=O)c1cn(C2CCNCC2)nn1.Cl. The van der Waals surface area contributed by atoms with Crippen molar-refractivity contribution in [3.05, 3.63) is 41.7 Å². The summed E-state index contributed by atoms with van der Waals surface area (Å²) in [6, 6.07) is 8.08. The second-order valence-corrected chi connectivity index (χ2v) is 7.06. The van der Waals surface area contributed by atoms with Gasteiger partial charge >= 0.3 is 0 Å². The number of rotatable bonds is 7. The molecule has 0 spiro atoms. The number of aromatic nitrogens is 3. The molecule has 1 aromatic carbocycles. The average molecular weight is 394 g/mol. The summed E-state index contributed by atoms with van der Waals surface area (Å²) in [6.45, 7) is 7.20. The Balaban J connectivity index is 0.00000261. The summed E-state index contributed by atoms with van der Waals surface area (Å²) in [5.41, 5.74) is 1.30. The van der Waals surface area contributed by atoms with Crippen LogP contribution < -0.4 is 15.4 Å². The first-order valence-electron chi connectivity index (χ1n) is 9.25. The molecule has 0 aliphatic carbocycles. The monoisotopic (exact) mass is 393 g/mol. The number of amides is 1. The lowest BCUT2D eigenvalue weighted by molar-refractivity contribution is 0.0945. The van der Waals surface area contributed by atoms with Crippen LogP contribution in [0, 0.1) is 5.92 Å². The molecule has 1 saturated heterocycles. The van der Waals surface area contributed by atoms with E-state index in [9.17, 15) is 4.79 Å². The Morgan fingerprint density at radius 1 is 1.33 bits per heavy atom. The van der Waals surface area contributed by atoms with Crippen molar-refractivity contribution in [2.75, 3.05) is 19.7 Å². The van der Waals surface area contributed by atoms with Gasteiger partial charge in [-0.25, -0.2) is 4.68 Å². The fraction of sp³-hybridized carbons (Fsp3) is 0.526. The van der Waals surface area contributed by atoms with Crippen LogP contribution in [0.5, 0.6) is 5.75 Å². The van der Waals surface area contributed by atoms with E-state index >= 15 is 0 Å². The lowest BCUT2D eigenvalue weighted by Gasteiger charge is -2.22. The highest BCUT2D eigenvalue weighted by atomic mass is 35.5. The van der Waals surface area contributed by atoms with E-state index in [-0.39, 0.29) is 18.3 Å². The number of ether oxygens (including phenoxy) is 1. The minimum atomic E-state index is -0.219. The molecule has 148 valence electrons. The maximum absolute atomic E-state index is 12.4. The van der Waals surface area contributed by atoms with Gasteiger partial charge in [-0.1, -0.05) is 37.3 Å². The molecule has 2 heterocycles. The van der Waals surface area contributed by atoms with E-state index in [2.05, 4.69) is 34.8 Å². The van der Waals surface area contributed by atoms with Crippen molar-refractivity contribution in [3.63, 3.8) is 0 Å². The van der Waals surface area contributed by atoms with Crippen LogP contribution >= 0.6 is 12.4 Å². The molecule has 1 aliphatic heterocycles. The van der Waals surface area contributed by atoms with Gasteiger partial charge in [-0.3, -0.25) is 4.79 Å². The summed E-state index contributed by atoms with van der Waals surface area (Å²) in [4.78, 5) is 12.4. The van der Waals surface area contributed by atoms with E-state index < -0.39 is 0 Å². The van der Waals surface area contributed by atoms with Gasteiger partial charge in [0.25, 0.3) is 5.91 Å². The average Bonchev–Trinajstić information content (AvgIpc) is 3.16. The van der Waals surface area contributed by atoms with Gasteiger partial charge in [0.15, 0.2) is 5.69 Å². The molecule has 1 fully saturated rings. The molecule has 0 bridgehead atoms. The van der Waals surface area contributed by atoms with Crippen molar-refractivity contribution in [1.82, 2.24) is 25.6 Å². The summed E-state index contributed by atoms with van der Waals surface area (Å²) in [7, 11) is 0. The van der Waals surface area contributed by atoms with Crippen LogP contribution in [-0.4, -0.2) is 40.6 Å². The van der Waals surface area contributed by atoms with Crippen LogP contribution in [0.1, 0.15) is 48.8 Å². The Morgan fingerprint density at radius 3 is 2.81 bits per heavy atom. The van der Waals surface area contributed by atoms with Gasteiger partial charge in [-0.15, -0.1) is 17.5 Å². The normalized spacial score (nSPS) is 14.6. The summed E-state index contributed by atoms with van der Waals surface area (Å²) in [6.07, 6.45) is 3.75. The highest BCUT2D eigenvalue weighted by molar-refractivity contribution is 5.91. The molecule has 2 aromatic rings. The number of hydrogen-bond acceptors (Lipinski definition) is 5. The third kappa shape index (κ3) is 5.94. The number of hydrogen-bond donors (Lipinski definition) is 2.